The van der Waals surface area contributed by atoms with E-state index >= 15 is 0 Å². The minimum atomic E-state index is -0.0288. The topological polar surface area (TPSA) is 68.0 Å². The number of hydrogen-bond acceptors (Lipinski definition) is 4. The van der Waals surface area contributed by atoms with Crippen LogP contribution in [0.4, 0.5) is 5.69 Å². The molecule has 2 bridgehead atoms. The zero-order chi connectivity index (χ0) is 16.0. The summed E-state index contributed by atoms with van der Waals surface area (Å²) in [5, 5.41) is 6.16. The van der Waals surface area contributed by atoms with Gasteiger partial charge in [0.2, 0.25) is 5.91 Å². The van der Waals surface area contributed by atoms with Crippen molar-refractivity contribution in [2.45, 2.75) is 32.2 Å². The summed E-state index contributed by atoms with van der Waals surface area (Å²) in [4.78, 5) is 17.2. The largest absolute Gasteiger partial charge is 0.327 e. The Labute approximate surface area is 152 Å². The molecule has 4 nitrogen and oxygen atoms in total. The first kappa shape index (κ1) is 17.4. The average molecular weight is 364 g/mol. The fourth-order valence-corrected chi connectivity index (χ4v) is 4.82. The fraction of sp³-hybridized carbons (Fsp3) is 0.444. The number of nitrogens with one attached hydrogen (secondary N) is 1. The number of amides is 1. The maximum atomic E-state index is 12.7. The zero-order valence-corrected chi connectivity index (χ0v) is 15.2. The smallest absolute Gasteiger partial charge is 0.229 e. The lowest BCUT2D eigenvalue weighted by Crippen LogP contribution is -2.42. The van der Waals surface area contributed by atoms with Gasteiger partial charge in [0.15, 0.2) is 0 Å². The third-order valence-corrected chi connectivity index (χ3v) is 6.10. The van der Waals surface area contributed by atoms with Gasteiger partial charge in [-0.1, -0.05) is 12.1 Å². The molecule has 0 saturated heterocycles. The molecule has 3 N–H and O–H groups in total. The van der Waals surface area contributed by atoms with Gasteiger partial charge in [-0.2, -0.15) is 0 Å². The number of aromatic nitrogens is 1. The Kier molecular flexibility index (Phi) is 4.95. The van der Waals surface area contributed by atoms with Crippen molar-refractivity contribution in [2.75, 3.05) is 5.32 Å². The number of anilines is 1. The van der Waals surface area contributed by atoms with Crippen LogP contribution in [0.5, 0.6) is 0 Å². The van der Waals surface area contributed by atoms with Crippen LogP contribution in [0, 0.1) is 24.7 Å². The molecule has 4 unspecified atom stereocenters. The Bertz CT molecular complexity index is 745. The molecule has 2 aliphatic rings. The highest BCUT2D eigenvalue weighted by atomic mass is 35.5. The first-order chi connectivity index (χ1) is 11.1. The molecule has 0 aliphatic heterocycles. The van der Waals surface area contributed by atoms with Crippen molar-refractivity contribution in [3.63, 3.8) is 0 Å². The summed E-state index contributed by atoms with van der Waals surface area (Å²) < 4.78 is 0. The van der Waals surface area contributed by atoms with Crippen LogP contribution >= 0.6 is 23.7 Å². The van der Waals surface area contributed by atoms with Gasteiger partial charge in [0, 0.05) is 22.7 Å². The van der Waals surface area contributed by atoms with Crippen LogP contribution in [0.2, 0.25) is 0 Å². The summed E-state index contributed by atoms with van der Waals surface area (Å²) in [5.74, 6) is 1.06. The van der Waals surface area contributed by atoms with E-state index in [0.29, 0.717) is 11.8 Å². The van der Waals surface area contributed by atoms with Gasteiger partial charge in [-0.3, -0.25) is 4.79 Å². The number of nitrogens with zero attached hydrogens (tertiary/aromatic N) is 1. The molecular weight excluding hydrogens is 342 g/mol. The molecule has 1 aromatic heterocycles. The monoisotopic (exact) mass is 363 g/mol. The number of thiazole rings is 1. The summed E-state index contributed by atoms with van der Waals surface area (Å²) in [7, 11) is 0. The van der Waals surface area contributed by atoms with Gasteiger partial charge >= 0.3 is 0 Å². The fourth-order valence-electron chi connectivity index (χ4n) is 4.20. The number of carbonyl (C=O) groups excluding carboxylic acids is 1. The molecule has 128 valence electrons. The van der Waals surface area contributed by atoms with Crippen LogP contribution in [0.1, 0.15) is 24.3 Å². The normalized spacial score (nSPS) is 27.8. The van der Waals surface area contributed by atoms with Crippen molar-refractivity contribution in [3.8, 4) is 11.3 Å². The van der Waals surface area contributed by atoms with Gasteiger partial charge in [-0.15, -0.1) is 23.7 Å². The highest BCUT2D eigenvalue weighted by Crippen LogP contribution is 2.47. The Morgan fingerprint density at radius 2 is 2.12 bits per heavy atom. The number of nitrogens with two attached hydrogens (primary N) is 1. The lowest BCUT2D eigenvalue weighted by atomic mass is 9.84. The molecule has 2 fully saturated rings. The minimum absolute atomic E-state index is 0. The second kappa shape index (κ2) is 6.82. The summed E-state index contributed by atoms with van der Waals surface area (Å²) in [6.07, 6.45) is 3.46. The molecule has 4 rings (SSSR count). The summed E-state index contributed by atoms with van der Waals surface area (Å²) in [5.41, 5.74) is 9.09. The minimum Gasteiger partial charge on any atom is -0.327 e. The van der Waals surface area contributed by atoms with Gasteiger partial charge in [-0.05, 0) is 50.2 Å². The van der Waals surface area contributed by atoms with E-state index in [1.165, 1.54) is 6.42 Å². The Balaban J connectivity index is 0.00000169. The van der Waals surface area contributed by atoms with Crippen molar-refractivity contribution >= 4 is 35.3 Å². The van der Waals surface area contributed by atoms with E-state index in [1.54, 1.807) is 11.3 Å². The summed E-state index contributed by atoms with van der Waals surface area (Å²) in [6.45, 7) is 2.00. The lowest BCUT2D eigenvalue weighted by Gasteiger charge is -2.27. The van der Waals surface area contributed by atoms with Gasteiger partial charge in [-0.25, -0.2) is 4.98 Å². The van der Waals surface area contributed by atoms with Gasteiger partial charge in [0.1, 0.15) is 0 Å². The van der Waals surface area contributed by atoms with Crippen LogP contribution < -0.4 is 11.1 Å². The quantitative estimate of drug-likeness (QED) is 0.870. The van der Waals surface area contributed by atoms with Crippen LogP contribution in [0.3, 0.4) is 0 Å². The summed E-state index contributed by atoms with van der Waals surface area (Å²) in [6, 6.07) is 7.93. The maximum absolute atomic E-state index is 12.7. The van der Waals surface area contributed by atoms with E-state index in [4.69, 9.17) is 5.73 Å². The van der Waals surface area contributed by atoms with E-state index in [-0.39, 0.29) is 30.3 Å². The van der Waals surface area contributed by atoms with E-state index in [2.05, 4.69) is 10.3 Å². The Morgan fingerprint density at radius 3 is 2.79 bits per heavy atom. The molecule has 2 saturated carbocycles. The molecule has 2 aliphatic carbocycles. The molecule has 4 atom stereocenters. The van der Waals surface area contributed by atoms with E-state index in [0.717, 1.165) is 34.8 Å². The third kappa shape index (κ3) is 3.08. The van der Waals surface area contributed by atoms with Crippen molar-refractivity contribution in [1.29, 1.82) is 0 Å². The second-order valence-electron chi connectivity index (χ2n) is 6.76. The van der Waals surface area contributed by atoms with E-state index in [9.17, 15) is 4.79 Å². The first-order valence-corrected chi connectivity index (χ1v) is 9.09. The van der Waals surface area contributed by atoms with E-state index < -0.39 is 0 Å². The third-order valence-electron chi connectivity index (χ3n) is 5.33. The molecule has 1 aromatic carbocycles. The van der Waals surface area contributed by atoms with Gasteiger partial charge in [0.25, 0.3) is 0 Å². The molecule has 2 aromatic rings. The summed E-state index contributed by atoms with van der Waals surface area (Å²) >= 11 is 1.63. The van der Waals surface area contributed by atoms with Crippen LogP contribution in [-0.2, 0) is 4.79 Å². The molecule has 0 spiro atoms. The lowest BCUT2D eigenvalue weighted by molar-refractivity contribution is -0.121. The number of rotatable bonds is 3. The predicted molar refractivity (Wildman–Crippen MR) is 100 cm³/mol. The van der Waals surface area contributed by atoms with Crippen molar-refractivity contribution in [1.82, 2.24) is 4.98 Å². The second-order valence-corrected chi connectivity index (χ2v) is 7.82. The highest BCUT2D eigenvalue weighted by Gasteiger charge is 2.49. The number of halogens is 1. The number of aryl methyl sites for hydroxylation is 1. The predicted octanol–water partition coefficient (Wildman–Crippen LogP) is 3.85. The van der Waals surface area contributed by atoms with Crippen LogP contribution in [0.25, 0.3) is 11.3 Å². The zero-order valence-electron chi connectivity index (χ0n) is 13.6. The molecule has 1 heterocycles. The van der Waals surface area contributed by atoms with Crippen LogP contribution in [-0.4, -0.2) is 16.9 Å². The Hall–Kier alpha value is -1.43. The molecule has 6 heteroatoms. The number of hydrogen-bond donors (Lipinski definition) is 2. The number of benzene rings is 1. The number of carbonyl (C=O) groups is 1. The first-order valence-electron chi connectivity index (χ1n) is 8.21. The molecule has 24 heavy (non-hydrogen) atoms. The average Bonchev–Trinajstić information content (AvgIpc) is 3.23. The SMILES string of the molecule is Cc1nc(-c2cccc(NC(=O)C3C4CCC(C4)C3N)c2)cs1.Cl. The van der Waals surface area contributed by atoms with Gasteiger partial charge < -0.3 is 11.1 Å². The van der Waals surface area contributed by atoms with Crippen LogP contribution in [0.15, 0.2) is 29.6 Å². The van der Waals surface area contributed by atoms with E-state index in [1.807, 2.05) is 36.6 Å². The highest BCUT2D eigenvalue weighted by molar-refractivity contribution is 7.09. The van der Waals surface area contributed by atoms with Crippen molar-refractivity contribution < 1.29 is 4.79 Å². The molecule has 0 radical (unpaired) electrons. The maximum Gasteiger partial charge on any atom is 0.229 e. The molecular formula is C18H22ClN3OS. The number of fused-ring (bicyclic) bond motifs is 2. The molecule has 1 amide bonds. The van der Waals surface area contributed by atoms with Gasteiger partial charge in [0.05, 0.1) is 16.6 Å². The van der Waals surface area contributed by atoms with Crippen molar-refractivity contribution in [2.24, 2.45) is 23.5 Å². The standard InChI is InChI=1S/C18H21N3OS.ClH/c1-10-20-15(9-23-10)11-3-2-4-14(8-11)21-18(22)16-12-5-6-13(7-12)17(16)19;/h2-4,8-9,12-13,16-17H,5-7,19H2,1H3,(H,21,22);1H. The Morgan fingerprint density at radius 1 is 1.33 bits per heavy atom. The van der Waals surface area contributed by atoms with Crippen molar-refractivity contribution in [3.05, 3.63) is 34.7 Å².